The molecular weight excluding hydrogens is 463 g/mol. The Bertz CT molecular complexity index is 958. The number of halogens is 2. The number of benzene rings is 1. The lowest BCUT2D eigenvalue weighted by molar-refractivity contribution is 0.194. The maximum absolute atomic E-state index is 14.6. The van der Waals surface area contributed by atoms with E-state index in [0.29, 0.717) is 17.4 Å². The molecule has 0 radical (unpaired) electrons. The first-order valence-electron chi connectivity index (χ1n) is 13.4. The van der Waals surface area contributed by atoms with Gasteiger partial charge >= 0.3 is 0 Å². The van der Waals surface area contributed by atoms with E-state index in [0.717, 1.165) is 80.7 Å². The molecule has 0 N–H and O–H groups in total. The molecule has 1 aromatic carbocycles. The van der Waals surface area contributed by atoms with Crippen LogP contribution in [0.5, 0.6) is 5.75 Å². The van der Waals surface area contributed by atoms with Crippen molar-refractivity contribution in [1.29, 1.82) is 0 Å². The Balaban J connectivity index is 0.995. The van der Waals surface area contributed by atoms with Gasteiger partial charge in [0.2, 0.25) is 5.95 Å². The van der Waals surface area contributed by atoms with Gasteiger partial charge in [-0.05, 0) is 93.3 Å². The number of hydrogen-bond acceptors (Lipinski definition) is 5. The van der Waals surface area contributed by atoms with Gasteiger partial charge in [0.1, 0.15) is 11.6 Å². The number of aromatic nitrogens is 2. The Labute approximate surface area is 214 Å². The minimum absolute atomic E-state index is 0.131. The molecule has 2 aliphatic heterocycles. The van der Waals surface area contributed by atoms with Crippen LogP contribution in [0.2, 0.25) is 5.02 Å². The minimum atomic E-state index is -0.131. The van der Waals surface area contributed by atoms with Gasteiger partial charge in [-0.3, -0.25) is 0 Å². The zero-order valence-electron chi connectivity index (χ0n) is 20.8. The van der Waals surface area contributed by atoms with Crippen LogP contribution in [0.25, 0.3) is 0 Å². The molecule has 0 spiro atoms. The minimum Gasteiger partial charge on any atom is -0.493 e. The molecule has 2 unspecified atom stereocenters. The quantitative estimate of drug-likeness (QED) is 0.431. The van der Waals surface area contributed by atoms with Crippen molar-refractivity contribution in [1.82, 2.24) is 14.9 Å². The lowest BCUT2D eigenvalue weighted by atomic mass is 9.90. The van der Waals surface area contributed by atoms with Gasteiger partial charge in [-0.25, -0.2) is 14.4 Å². The molecule has 3 fully saturated rings. The van der Waals surface area contributed by atoms with Crippen LogP contribution in [0.15, 0.2) is 30.6 Å². The largest absolute Gasteiger partial charge is 0.493 e. The molecule has 2 saturated heterocycles. The lowest BCUT2D eigenvalue weighted by Gasteiger charge is -2.32. The maximum Gasteiger partial charge on any atom is 0.225 e. The smallest absolute Gasteiger partial charge is 0.225 e. The van der Waals surface area contributed by atoms with Gasteiger partial charge in [-0.15, -0.1) is 0 Å². The van der Waals surface area contributed by atoms with Crippen LogP contribution < -0.4 is 9.64 Å². The molecule has 0 bridgehead atoms. The van der Waals surface area contributed by atoms with Gasteiger partial charge in [0.15, 0.2) is 0 Å². The molecule has 1 saturated carbocycles. The molecule has 3 aliphatic rings. The topological polar surface area (TPSA) is 41.5 Å². The molecule has 5 nitrogen and oxygen atoms in total. The first-order valence-corrected chi connectivity index (χ1v) is 13.8. The summed E-state index contributed by atoms with van der Waals surface area (Å²) in [6.07, 6.45) is 11.4. The Morgan fingerprint density at radius 1 is 1.06 bits per heavy atom. The fourth-order valence-corrected chi connectivity index (χ4v) is 5.99. The van der Waals surface area contributed by atoms with Crippen molar-refractivity contribution in [2.45, 2.75) is 51.9 Å². The zero-order chi connectivity index (χ0) is 24.2. The van der Waals surface area contributed by atoms with Crippen LogP contribution in [0.1, 0.15) is 51.0 Å². The molecule has 190 valence electrons. The number of anilines is 1. The Kier molecular flexibility index (Phi) is 8.08. The average Bonchev–Trinajstić information content (AvgIpc) is 3.65. The highest BCUT2D eigenvalue weighted by Crippen LogP contribution is 2.49. The van der Waals surface area contributed by atoms with Gasteiger partial charge in [0, 0.05) is 25.7 Å². The van der Waals surface area contributed by atoms with E-state index >= 15 is 0 Å². The Morgan fingerprint density at radius 2 is 1.80 bits per heavy atom. The molecule has 2 aromatic rings. The summed E-state index contributed by atoms with van der Waals surface area (Å²) in [7, 11) is 0. The standard InChI is InChI=1S/C28H38ClFN4O/c1-20-4-10-33(11-5-20)12-6-22-2-3-25(17-27(22)30)35-15-9-23-16-26(23)21-7-13-34(14-8-21)28-31-18-24(29)19-32-28/h2-3,17-21,23,26H,4-16H2,1H3. The second-order valence-electron chi connectivity index (χ2n) is 10.8. The monoisotopic (exact) mass is 500 g/mol. The highest BCUT2D eigenvalue weighted by molar-refractivity contribution is 6.30. The highest BCUT2D eigenvalue weighted by atomic mass is 35.5. The van der Waals surface area contributed by atoms with Crippen molar-refractivity contribution in [2.75, 3.05) is 44.2 Å². The van der Waals surface area contributed by atoms with Crippen LogP contribution in [0.3, 0.4) is 0 Å². The normalized spacial score (nSPS) is 24.0. The first-order chi connectivity index (χ1) is 17.0. The molecule has 5 rings (SSSR count). The number of ether oxygens (including phenoxy) is 1. The Hall–Kier alpha value is -1.92. The third kappa shape index (κ3) is 6.65. The average molecular weight is 501 g/mol. The number of piperidine rings is 2. The van der Waals surface area contributed by atoms with Crippen LogP contribution in [-0.2, 0) is 6.42 Å². The maximum atomic E-state index is 14.6. The van der Waals surface area contributed by atoms with Gasteiger partial charge < -0.3 is 14.5 Å². The summed E-state index contributed by atoms with van der Waals surface area (Å²) in [6, 6.07) is 5.43. The second kappa shape index (κ2) is 11.4. The summed E-state index contributed by atoms with van der Waals surface area (Å²) in [5, 5.41) is 0.577. The molecule has 0 amide bonds. The van der Waals surface area contributed by atoms with Gasteiger partial charge in [0.25, 0.3) is 0 Å². The summed E-state index contributed by atoms with van der Waals surface area (Å²) in [4.78, 5) is 13.4. The molecule has 35 heavy (non-hydrogen) atoms. The summed E-state index contributed by atoms with van der Waals surface area (Å²) in [5.74, 6) is 4.48. The molecule has 1 aliphatic carbocycles. The second-order valence-corrected chi connectivity index (χ2v) is 11.3. The summed E-state index contributed by atoms with van der Waals surface area (Å²) in [5.41, 5.74) is 0.800. The third-order valence-electron chi connectivity index (χ3n) is 8.37. The molecule has 7 heteroatoms. The SMILES string of the molecule is CC1CCN(CCc2ccc(OCCC3CC3C3CCN(c4ncc(Cl)cn4)CC3)cc2F)CC1. The van der Waals surface area contributed by atoms with E-state index in [4.69, 9.17) is 16.3 Å². The van der Waals surface area contributed by atoms with Crippen LogP contribution >= 0.6 is 11.6 Å². The van der Waals surface area contributed by atoms with Gasteiger partial charge in [-0.2, -0.15) is 0 Å². The Morgan fingerprint density at radius 3 is 2.51 bits per heavy atom. The van der Waals surface area contributed by atoms with Crippen molar-refractivity contribution in [2.24, 2.45) is 23.7 Å². The van der Waals surface area contributed by atoms with Crippen molar-refractivity contribution in [3.05, 3.63) is 47.0 Å². The van der Waals surface area contributed by atoms with E-state index in [9.17, 15) is 4.39 Å². The zero-order valence-corrected chi connectivity index (χ0v) is 21.6. The third-order valence-corrected chi connectivity index (χ3v) is 8.56. The fraction of sp³-hybridized carbons (Fsp3) is 0.643. The summed E-state index contributed by atoms with van der Waals surface area (Å²) < 4.78 is 20.6. The van der Waals surface area contributed by atoms with E-state index in [1.54, 1.807) is 18.5 Å². The molecule has 1 aromatic heterocycles. The molecular formula is C28H38ClFN4O. The summed E-state index contributed by atoms with van der Waals surface area (Å²) >= 11 is 5.90. The van der Waals surface area contributed by atoms with Gasteiger partial charge in [0.05, 0.1) is 24.0 Å². The number of rotatable bonds is 9. The predicted molar refractivity (Wildman–Crippen MR) is 139 cm³/mol. The van der Waals surface area contributed by atoms with Crippen molar-refractivity contribution in [3.8, 4) is 5.75 Å². The van der Waals surface area contributed by atoms with Crippen LogP contribution in [0.4, 0.5) is 10.3 Å². The number of likely N-dealkylation sites (tertiary alicyclic amines) is 1. The van der Waals surface area contributed by atoms with Gasteiger partial charge in [-0.1, -0.05) is 24.6 Å². The fourth-order valence-electron chi connectivity index (χ4n) is 5.89. The van der Waals surface area contributed by atoms with E-state index in [1.165, 1.54) is 32.1 Å². The lowest BCUT2D eigenvalue weighted by Crippen LogP contribution is -2.35. The molecule has 3 heterocycles. The van der Waals surface area contributed by atoms with E-state index in [1.807, 2.05) is 12.1 Å². The van der Waals surface area contributed by atoms with Crippen molar-refractivity contribution in [3.63, 3.8) is 0 Å². The number of hydrogen-bond donors (Lipinski definition) is 0. The highest BCUT2D eigenvalue weighted by Gasteiger charge is 2.43. The molecule has 2 atom stereocenters. The van der Waals surface area contributed by atoms with E-state index < -0.39 is 0 Å². The van der Waals surface area contributed by atoms with E-state index in [2.05, 4.69) is 26.7 Å². The van der Waals surface area contributed by atoms with Crippen molar-refractivity contribution >= 4 is 17.5 Å². The van der Waals surface area contributed by atoms with E-state index in [-0.39, 0.29) is 5.82 Å². The number of nitrogens with zero attached hydrogens (tertiary/aromatic N) is 4. The van der Waals surface area contributed by atoms with Crippen LogP contribution in [0, 0.1) is 29.5 Å². The summed E-state index contributed by atoms with van der Waals surface area (Å²) in [6.45, 7) is 8.23. The van der Waals surface area contributed by atoms with Crippen molar-refractivity contribution < 1.29 is 9.13 Å². The predicted octanol–water partition coefficient (Wildman–Crippen LogP) is 5.87. The first kappa shape index (κ1) is 24.8. The van der Waals surface area contributed by atoms with Crippen LogP contribution in [-0.4, -0.2) is 54.2 Å².